The molecule has 1 aromatic rings. The van der Waals surface area contributed by atoms with Gasteiger partial charge in [0.2, 0.25) is 5.78 Å². The van der Waals surface area contributed by atoms with Crippen molar-refractivity contribution in [3.05, 3.63) is 47.2 Å². The van der Waals surface area contributed by atoms with Crippen molar-refractivity contribution in [2.45, 2.75) is 18.3 Å². The molecular weight excluding hydrogens is 348 g/mol. The number of hydrogen-bond donors (Lipinski definition) is 0. The lowest BCUT2D eigenvalue weighted by Gasteiger charge is -2.33. The van der Waals surface area contributed by atoms with Crippen molar-refractivity contribution in [3.8, 4) is 11.5 Å². The standard InChI is InChI=1S/C21H22O6/c1-24-17-7-12-6-13-11-27-20(23)14(13)9-21(15(12)8-18(17)25-2)5-4-16(22)19(10-21)26-3/h4-5,7-8,10,13-14H,6,9,11H2,1-3H3/t13-,14+,21-/m0/s1. The second-order valence-electron chi connectivity index (χ2n) is 7.22. The Morgan fingerprint density at radius 1 is 1.07 bits per heavy atom. The number of methoxy groups -OCH3 is 3. The summed E-state index contributed by atoms with van der Waals surface area (Å²) in [4.78, 5) is 24.5. The topological polar surface area (TPSA) is 71.1 Å². The lowest BCUT2D eigenvalue weighted by molar-refractivity contribution is -0.141. The maximum Gasteiger partial charge on any atom is 0.309 e. The third-order valence-electron chi connectivity index (χ3n) is 5.85. The van der Waals surface area contributed by atoms with Gasteiger partial charge in [-0.25, -0.2) is 0 Å². The highest BCUT2D eigenvalue weighted by Crippen LogP contribution is 2.49. The van der Waals surface area contributed by atoms with Gasteiger partial charge >= 0.3 is 5.97 Å². The summed E-state index contributed by atoms with van der Waals surface area (Å²) in [6, 6.07) is 3.91. The molecule has 0 aromatic heterocycles. The minimum absolute atomic E-state index is 0.0964. The predicted molar refractivity (Wildman–Crippen MR) is 96.7 cm³/mol. The second-order valence-corrected chi connectivity index (χ2v) is 7.22. The van der Waals surface area contributed by atoms with Gasteiger partial charge in [-0.3, -0.25) is 9.59 Å². The average molecular weight is 370 g/mol. The van der Waals surface area contributed by atoms with Crippen LogP contribution in [0.2, 0.25) is 0 Å². The van der Waals surface area contributed by atoms with Crippen molar-refractivity contribution in [3.63, 3.8) is 0 Å². The number of carbonyl (C=O) groups excluding carboxylic acids is 2. The summed E-state index contributed by atoms with van der Waals surface area (Å²) in [5, 5.41) is 0. The zero-order valence-corrected chi connectivity index (χ0v) is 15.6. The molecule has 0 radical (unpaired) electrons. The molecular formula is C21H22O6. The highest BCUT2D eigenvalue weighted by molar-refractivity contribution is 6.04. The minimum atomic E-state index is -0.642. The van der Waals surface area contributed by atoms with Gasteiger partial charge in [-0.2, -0.15) is 0 Å². The van der Waals surface area contributed by atoms with Crippen LogP contribution in [0.1, 0.15) is 17.5 Å². The second kappa shape index (κ2) is 6.44. The number of carbonyl (C=O) groups is 2. The molecule has 3 aliphatic rings. The van der Waals surface area contributed by atoms with Crippen LogP contribution in [0.5, 0.6) is 11.5 Å². The van der Waals surface area contributed by atoms with Crippen LogP contribution in [0.25, 0.3) is 0 Å². The van der Waals surface area contributed by atoms with Crippen molar-refractivity contribution >= 4 is 11.8 Å². The van der Waals surface area contributed by atoms with Crippen LogP contribution in [0.4, 0.5) is 0 Å². The quantitative estimate of drug-likeness (QED) is 0.761. The highest BCUT2D eigenvalue weighted by Gasteiger charge is 2.48. The summed E-state index contributed by atoms with van der Waals surface area (Å²) in [6.45, 7) is 0.414. The number of fused-ring (bicyclic) bond motifs is 3. The first-order chi connectivity index (χ1) is 13.0. The summed E-state index contributed by atoms with van der Waals surface area (Å²) >= 11 is 0. The average Bonchev–Trinajstić information content (AvgIpc) is 2.95. The van der Waals surface area contributed by atoms with Crippen molar-refractivity contribution in [2.75, 3.05) is 27.9 Å². The molecule has 0 saturated carbocycles. The van der Waals surface area contributed by atoms with Crippen LogP contribution in [0.15, 0.2) is 36.1 Å². The fraction of sp³-hybridized carbons (Fsp3) is 0.429. The minimum Gasteiger partial charge on any atom is -0.493 e. The number of hydrogen-bond acceptors (Lipinski definition) is 6. The number of cyclic esters (lactones) is 1. The Labute approximate surface area is 157 Å². The number of rotatable bonds is 3. The van der Waals surface area contributed by atoms with Crippen LogP contribution in [-0.4, -0.2) is 39.7 Å². The summed E-state index contributed by atoms with van der Waals surface area (Å²) < 4.78 is 21.6. The number of esters is 1. The lowest BCUT2D eigenvalue weighted by Crippen LogP contribution is -2.31. The van der Waals surface area contributed by atoms with Gasteiger partial charge < -0.3 is 18.9 Å². The van der Waals surface area contributed by atoms with Gasteiger partial charge in [0.15, 0.2) is 17.3 Å². The van der Waals surface area contributed by atoms with E-state index < -0.39 is 5.41 Å². The van der Waals surface area contributed by atoms with Gasteiger partial charge in [0.1, 0.15) is 0 Å². The smallest absolute Gasteiger partial charge is 0.309 e. The van der Waals surface area contributed by atoms with Crippen molar-refractivity contribution in [1.29, 1.82) is 0 Å². The van der Waals surface area contributed by atoms with E-state index in [1.54, 1.807) is 14.2 Å². The molecule has 1 heterocycles. The van der Waals surface area contributed by atoms with E-state index in [1.807, 2.05) is 24.3 Å². The SMILES string of the molecule is COC1=C[C@]2(C=CC1=O)C[C@H]1C(=O)OC[C@@H]1Cc1cc(OC)c(OC)cc12. The van der Waals surface area contributed by atoms with E-state index in [-0.39, 0.29) is 29.3 Å². The predicted octanol–water partition coefficient (Wildman–Crippen LogP) is 2.35. The van der Waals surface area contributed by atoms with E-state index in [1.165, 1.54) is 13.2 Å². The summed E-state index contributed by atoms with van der Waals surface area (Å²) in [5.41, 5.74) is 1.42. The molecule has 6 nitrogen and oxygen atoms in total. The molecule has 1 spiro atoms. The molecule has 1 aliphatic heterocycles. The highest BCUT2D eigenvalue weighted by atomic mass is 16.5. The first-order valence-corrected chi connectivity index (χ1v) is 8.93. The normalized spacial score (nSPS) is 28.8. The molecule has 1 fully saturated rings. The molecule has 1 saturated heterocycles. The molecule has 4 rings (SSSR count). The Hall–Kier alpha value is -2.76. The van der Waals surface area contributed by atoms with Gasteiger partial charge in [-0.1, -0.05) is 6.08 Å². The molecule has 0 amide bonds. The summed E-state index contributed by atoms with van der Waals surface area (Å²) in [7, 11) is 4.68. The van der Waals surface area contributed by atoms with Crippen molar-refractivity contribution in [1.82, 2.24) is 0 Å². The summed E-state index contributed by atoms with van der Waals surface area (Å²) in [6.07, 6.45) is 6.45. The maximum atomic E-state index is 12.4. The molecule has 0 unspecified atom stereocenters. The lowest BCUT2D eigenvalue weighted by atomic mass is 9.71. The van der Waals surface area contributed by atoms with Crippen LogP contribution in [-0.2, 0) is 30.9 Å². The zero-order chi connectivity index (χ0) is 19.2. The van der Waals surface area contributed by atoms with Gasteiger partial charge in [0.05, 0.1) is 33.9 Å². The van der Waals surface area contributed by atoms with Crippen LogP contribution in [0.3, 0.4) is 0 Å². The van der Waals surface area contributed by atoms with Crippen LogP contribution >= 0.6 is 0 Å². The van der Waals surface area contributed by atoms with Gasteiger partial charge in [0.25, 0.3) is 0 Å². The Kier molecular flexibility index (Phi) is 4.21. The molecule has 3 atom stereocenters. The summed E-state index contributed by atoms with van der Waals surface area (Å²) in [5.74, 6) is 1.04. The maximum absolute atomic E-state index is 12.4. The first-order valence-electron chi connectivity index (χ1n) is 8.93. The Morgan fingerprint density at radius 3 is 2.52 bits per heavy atom. The molecule has 1 aromatic carbocycles. The Balaban J connectivity index is 1.95. The molecule has 142 valence electrons. The number of ketones is 1. The Bertz CT molecular complexity index is 868. The van der Waals surface area contributed by atoms with Crippen molar-refractivity contribution in [2.24, 2.45) is 11.8 Å². The van der Waals surface area contributed by atoms with Crippen LogP contribution < -0.4 is 9.47 Å². The fourth-order valence-electron chi connectivity index (χ4n) is 4.45. The van der Waals surface area contributed by atoms with E-state index in [9.17, 15) is 9.59 Å². The monoisotopic (exact) mass is 370 g/mol. The van der Waals surface area contributed by atoms with Gasteiger partial charge in [-0.05, 0) is 48.3 Å². The van der Waals surface area contributed by atoms with E-state index >= 15 is 0 Å². The van der Waals surface area contributed by atoms with Crippen LogP contribution in [0, 0.1) is 11.8 Å². The first kappa shape index (κ1) is 17.6. The molecule has 6 heteroatoms. The van der Waals surface area contributed by atoms with E-state index in [0.717, 1.165) is 11.1 Å². The molecule has 0 N–H and O–H groups in total. The molecule has 0 bridgehead atoms. The fourth-order valence-corrected chi connectivity index (χ4v) is 4.45. The third-order valence-corrected chi connectivity index (χ3v) is 5.85. The molecule has 2 aliphatic carbocycles. The Morgan fingerprint density at radius 2 is 1.81 bits per heavy atom. The van der Waals surface area contributed by atoms with Gasteiger partial charge in [-0.15, -0.1) is 0 Å². The van der Waals surface area contributed by atoms with Crippen molar-refractivity contribution < 1.29 is 28.5 Å². The number of allylic oxidation sites excluding steroid dienone is 3. The van der Waals surface area contributed by atoms with Gasteiger partial charge in [0, 0.05) is 11.3 Å². The van der Waals surface area contributed by atoms with E-state index in [4.69, 9.17) is 18.9 Å². The zero-order valence-electron chi connectivity index (χ0n) is 15.6. The van der Waals surface area contributed by atoms with E-state index in [0.29, 0.717) is 30.9 Å². The number of ether oxygens (including phenoxy) is 4. The number of benzene rings is 1. The largest absolute Gasteiger partial charge is 0.493 e. The third kappa shape index (κ3) is 2.71. The molecule has 27 heavy (non-hydrogen) atoms. The van der Waals surface area contributed by atoms with E-state index in [2.05, 4.69) is 0 Å².